The minimum absolute atomic E-state index is 0.135. The summed E-state index contributed by atoms with van der Waals surface area (Å²) in [5, 5.41) is 6.53. The Morgan fingerprint density at radius 3 is 2.81 bits per heavy atom. The number of benzene rings is 1. The van der Waals surface area contributed by atoms with Crippen LogP contribution >= 0.6 is 22.9 Å². The van der Waals surface area contributed by atoms with Crippen LogP contribution in [0.25, 0.3) is 5.69 Å². The lowest BCUT2D eigenvalue weighted by Crippen LogP contribution is -2.51. The standard InChI is InChI=1S/C21H20ClN3OS/c22-15-5-6-17-18(13-15)25-9-1-4-19(25)21(23-17)7-10-24(11-8-21)20(26)14-16-3-2-12-27-16/h1-6,9,12-13,23H,7-8,10-11,14H2. The molecule has 2 aliphatic heterocycles. The molecule has 1 N–H and O–H groups in total. The van der Waals surface area contributed by atoms with Crippen molar-refractivity contribution < 1.29 is 4.79 Å². The number of amides is 1. The SMILES string of the molecule is O=C(Cc1cccs1)N1CCC2(CC1)Nc1ccc(Cl)cc1-n1cccc12. The number of thiophene rings is 1. The summed E-state index contributed by atoms with van der Waals surface area (Å²) in [5.74, 6) is 0.227. The highest BCUT2D eigenvalue weighted by Gasteiger charge is 2.42. The summed E-state index contributed by atoms with van der Waals surface area (Å²) < 4.78 is 2.24. The number of nitrogens with zero attached hydrogens (tertiary/aromatic N) is 2. The van der Waals surface area contributed by atoms with E-state index in [1.807, 2.05) is 34.5 Å². The molecule has 6 heteroatoms. The van der Waals surface area contributed by atoms with Crippen LogP contribution in [0, 0.1) is 0 Å². The van der Waals surface area contributed by atoms with E-state index in [2.05, 4.69) is 34.3 Å². The third kappa shape index (κ3) is 2.86. The Bertz CT molecular complexity index is 987. The predicted molar refractivity (Wildman–Crippen MR) is 110 cm³/mol. The van der Waals surface area contributed by atoms with Gasteiger partial charge in [-0.25, -0.2) is 0 Å². The lowest BCUT2D eigenvalue weighted by atomic mass is 9.82. The monoisotopic (exact) mass is 397 g/mol. The van der Waals surface area contributed by atoms with Crippen molar-refractivity contribution in [3.8, 4) is 5.69 Å². The Hall–Kier alpha value is -2.24. The summed E-state index contributed by atoms with van der Waals surface area (Å²) in [5.41, 5.74) is 3.30. The topological polar surface area (TPSA) is 37.3 Å². The summed E-state index contributed by atoms with van der Waals surface area (Å²) in [6, 6.07) is 14.3. The van der Waals surface area contributed by atoms with Gasteiger partial charge in [-0.15, -0.1) is 11.3 Å². The fraction of sp³-hybridized carbons (Fsp3) is 0.286. The van der Waals surface area contributed by atoms with Crippen molar-refractivity contribution in [3.63, 3.8) is 0 Å². The predicted octanol–water partition coefficient (Wildman–Crippen LogP) is 4.68. The summed E-state index contributed by atoms with van der Waals surface area (Å²) in [7, 11) is 0. The van der Waals surface area contributed by atoms with Crippen molar-refractivity contribution in [3.05, 3.63) is 69.6 Å². The Kier molecular flexibility index (Phi) is 4.02. The van der Waals surface area contributed by atoms with Gasteiger partial charge in [0.05, 0.1) is 23.3 Å². The molecule has 4 nitrogen and oxygen atoms in total. The molecule has 2 aromatic heterocycles. The lowest BCUT2D eigenvalue weighted by molar-refractivity contribution is -0.131. The van der Waals surface area contributed by atoms with Gasteiger partial charge in [0.15, 0.2) is 0 Å². The first-order valence-electron chi connectivity index (χ1n) is 9.21. The van der Waals surface area contributed by atoms with Crippen LogP contribution in [0.3, 0.4) is 0 Å². The van der Waals surface area contributed by atoms with Gasteiger partial charge in [0.1, 0.15) is 0 Å². The molecule has 0 unspecified atom stereocenters. The highest BCUT2D eigenvalue weighted by atomic mass is 35.5. The minimum Gasteiger partial charge on any atom is -0.372 e. The minimum atomic E-state index is -0.135. The van der Waals surface area contributed by atoms with E-state index in [9.17, 15) is 4.79 Å². The Balaban J connectivity index is 1.38. The molecule has 0 aliphatic carbocycles. The number of anilines is 1. The highest BCUT2D eigenvalue weighted by molar-refractivity contribution is 7.10. The molecule has 4 heterocycles. The van der Waals surface area contributed by atoms with Gasteiger partial charge in [-0.3, -0.25) is 4.79 Å². The average Bonchev–Trinajstić information content (AvgIpc) is 3.35. The zero-order valence-corrected chi connectivity index (χ0v) is 16.4. The number of nitrogens with one attached hydrogen (secondary N) is 1. The Morgan fingerprint density at radius 2 is 2.04 bits per heavy atom. The van der Waals surface area contributed by atoms with E-state index < -0.39 is 0 Å². The molecule has 1 amide bonds. The molecular formula is C21H20ClN3OS. The quantitative estimate of drug-likeness (QED) is 0.681. The number of piperidine rings is 1. The molecule has 0 bridgehead atoms. The van der Waals surface area contributed by atoms with Gasteiger partial charge in [-0.1, -0.05) is 17.7 Å². The smallest absolute Gasteiger partial charge is 0.227 e. The van der Waals surface area contributed by atoms with Gasteiger partial charge in [0, 0.05) is 34.9 Å². The van der Waals surface area contributed by atoms with Gasteiger partial charge >= 0.3 is 0 Å². The first kappa shape index (κ1) is 16.9. The second-order valence-electron chi connectivity index (χ2n) is 7.27. The van der Waals surface area contributed by atoms with Gasteiger partial charge in [0.2, 0.25) is 5.91 Å². The van der Waals surface area contributed by atoms with Crippen LogP contribution in [0.15, 0.2) is 54.0 Å². The number of carbonyl (C=O) groups is 1. The number of fused-ring (bicyclic) bond motifs is 4. The lowest BCUT2D eigenvalue weighted by Gasteiger charge is -2.46. The van der Waals surface area contributed by atoms with Crippen molar-refractivity contribution in [2.45, 2.75) is 24.8 Å². The largest absolute Gasteiger partial charge is 0.372 e. The third-order valence-corrected chi connectivity index (χ3v) is 6.82. The van der Waals surface area contributed by atoms with Gasteiger partial charge in [-0.2, -0.15) is 0 Å². The molecule has 1 fully saturated rings. The van der Waals surface area contributed by atoms with Crippen molar-refractivity contribution in [2.75, 3.05) is 18.4 Å². The number of rotatable bonds is 2. The zero-order valence-electron chi connectivity index (χ0n) is 14.8. The van der Waals surface area contributed by atoms with Crippen LogP contribution < -0.4 is 5.32 Å². The normalized spacial score (nSPS) is 17.3. The molecule has 3 aromatic rings. The molecule has 138 valence electrons. The Morgan fingerprint density at radius 1 is 1.19 bits per heavy atom. The molecule has 1 aromatic carbocycles. The molecule has 0 saturated carbocycles. The van der Waals surface area contributed by atoms with E-state index in [-0.39, 0.29) is 11.4 Å². The van der Waals surface area contributed by atoms with E-state index in [1.165, 1.54) is 5.69 Å². The van der Waals surface area contributed by atoms with E-state index in [4.69, 9.17) is 11.6 Å². The fourth-order valence-corrected chi connectivity index (χ4v) is 5.17. The number of aromatic nitrogens is 1. The second kappa shape index (κ2) is 6.43. The molecule has 0 radical (unpaired) electrons. The van der Waals surface area contributed by atoms with Crippen LogP contribution in [0.2, 0.25) is 5.02 Å². The molecule has 2 aliphatic rings. The van der Waals surface area contributed by atoms with Gasteiger partial charge < -0.3 is 14.8 Å². The van der Waals surface area contributed by atoms with Crippen molar-refractivity contribution in [2.24, 2.45) is 0 Å². The number of hydrogen-bond donors (Lipinski definition) is 1. The summed E-state index contributed by atoms with van der Waals surface area (Å²) in [6.45, 7) is 1.54. The van der Waals surface area contributed by atoms with Crippen LogP contribution in [-0.2, 0) is 16.8 Å². The zero-order chi connectivity index (χ0) is 18.4. The van der Waals surface area contributed by atoms with Crippen molar-refractivity contribution in [1.82, 2.24) is 9.47 Å². The average molecular weight is 398 g/mol. The summed E-state index contributed by atoms with van der Waals surface area (Å²) in [6.07, 6.45) is 4.40. The molecule has 5 rings (SSSR count). The van der Waals surface area contributed by atoms with E-state index in [0.29, 0.717) is 6.42 Å². The van der Waals surface area contributed by atoms with Gasteiger partial charge in [-0.05, 0) is 54.6 Å². The number of hydrogen-bond acceptors (Lipinski definition) is 3. The van der Waals surface area contributed by atoms with Crippen LogP contribution in [0.4, 0.5) is 5.69 Å². The second-order valence-corrected chi connectivity index (χ2v) is 8.74. The first-order chi connectivity index (χ1) is 13.1. The molecule has 1 saturated heterocycles. The maximum Gasteiger partial charge on any atom is 0.227 e. The van der Waals surface area contributed by atoms with E-state index in [1.54, 1.807) is 11.3 Å². The van der Waals surface area contributed by atoms with Crippen molar-refractivity contribution >= 4 is 34.5 Å². The highest BCUT2D eigenvalue weighted by Crippen LogP contribution is 2.44. The van der Waals surface area contributed by atoms with E-state index in [0.717, 1.165) is 47.2 Å². The maximum absolute atomic E-state index is 12.7. The molecule has 27 heavy (non-hydrogen) atoms. The molecular weight excluding hydrogens is 378 g/mol. The summed E-state index contributed by atoms with van der Waals surface area (Å²) in [4.78, 5) is 15.8. The first-order valence-corrected chi connectivity index (χ1v) is 10.5. The number of carbonyl (C=O) groups excluding carboxylic acids is 1. The number of likely N-dealkylation sites (tertiary alicyclic amines) is 1. The Labute approximate surface area is 167 Å². The molecule has 0 atom stereocenters. The van der Waals surface area contributed by atoms with Crippen molar-refractivity contribution in [1.29, 1.82) is 0 Å². The van der Waals surface area contributed by atoms with E-state index >= 15 is 0 Å². The molecule has 1 spiro atoms. The third-order valence-electron chi connectivity index (χ3n) is 5.71. The van der Waals surface area contributed by atoms with Crippen LogP contribution in [0.5, 0.6) is 0 Å². The number of halogens is 1. The van der Waals surface area contributed by atoms with Crippen LogP contribution in [-0.4, -0.2) is 28.5 Å². The van der Waals surface area contributed by atoms with Gasteiger partial charge in [0.25, 0.3) is 0 Å². The maximum atomic E-state index is 12.7. The summed E-state index contributed by atoms with van der Waals surface area (Å²) >= 11 is 7.86. The van der Waals surface area contributed by atoms with Crippen LogP contribution in [0.1, 0.15) is 23.4 Å². The fourth-order valence-electron chi connectivity index (χ4n) is 4.31.